The van der Waals surface area contributed by atoms with Gasteiger partial charge in [0, 0.05) is 6.54 Å². The molecule has 1 heterocycles. The van der Waals surface area contributed by atoms with Gasteiger partial charge in [0.05, 0.1) is 23.6 Å². The van der Waals surface area contributed by atoms with Gasteiger partial charge < -0.3 is 14.7 Å². The van der Waals surface area contributed by atoms with Gasteiger partial charge in [0.2, 0.25) is 5.91 Å². The molecular weight excluding hydrogens is 339 g/mol. The topological polar surface area (TPSA) is 66.8 Å². The summed E-state index contributed by atoms with van der Waals surface area (Å²) in [6.45, 7) is 1.79. The fourth-order valence-electron chi connectivity index (χ4n) is 3.30. The molecule has 1 aromatic rings. The zero-order chi connectivity index (χ0) is 18.4. The SMILES string of the molecule is C[C@@H]1CN(C(=O)C2(c3cccc(C(F)(F)F)c3)CC2)CC(C(=O)O)O1. The molecular formula is C17H18F3NO4. The molecule has 1 N–H and O–H groups in total. The Kier molecular flexibility index (Phi) is 4.26. The third-order valence-electron chi connectivity index (χ3n) is 4.72. The van der Waals surface area contributed by atoms with Crippen LogP contribution in [0, 0.1) is 0 Å². The molecule has 8 heteroatoms. The summed E-state index contributed by atoms with van der Waals surface area (Å²) in [4.78, 5) is 25.5. The molecule has 1 aliphatic heterocycles. The van der Waals surface area contributed by atoms with Crippen molar-refractivity contribution in [2.75, 3.05) is 13.1 Å². The first kappa shape index (κ1) is 17.7. The lowest BCUT2D eigenvalue weighted by molar-refractivity contribution is -0.167. The Balaban J connectivity index is 1.86. The number of hydrogen-bond acceptors (Lipinski definition) is 3. The standard InChI is InChI=1S/C17H18F3NO4/c1-10-8-21(9-13(25-10)14(22)23)15(24)16(5-6-16)11-3-2-4-12(7-11)17(18,19)20/h2-4,7,10,13H,5-6,8-9H2,1H3,(H,22,23)/t10-,13?/m1/s1. The number of aliphatic carboxylic acids is 1. The largest absolute Gasteiger partial charge is 0.479 e. The zero-order valence-electron chi connectivity index (χ0n) is 13.5. The average Bonchev–Trinajstić information content (AvgIpc) is 3.34. The summed E-state index contributed by atoms with van der Waals surface area (Å²) in [5.41, 5.74) is -1.44. The van der Waals surface area contributed by atoms with E-state index in [1.165, 1.54) is 17.0 Å². The number of amides is 1. The van der Waals surface area contributed by atoms with E-state index in [-0.39, 0.29) is 19.0 Å². The van der Waals surface area contributed by atoms with Gasteiger partial charge in [-0.1, -0.05) is 18.2 Å². The number of carboxylic acid groups (broad SMARTS) is 1. The van der Waals surface area contributed by atoms with E-state index in [9.17, 15) is 22.8 Å². The van der Waals surface area contributed by atoms with Crippen LogP contribution >= 0.6 is 0 Å². The number of rotatable bonds is 3. The van der Waals surface area contributed by atoms with Crippen LogP contribution < -0.4 is 0 Å². The highest BCUT2D eigenvalue weighted by Crippen LogP contribution is 2.50. The minimum atomic E-state index is -4.48. The molecule has 25 heavy (non-hydrogen) atoms. The molecule has 1 unspecified atom stereocenters. The van der Waals surface area contributed by atoms with Crippen molar-refractivity contribution in [2.24, 2.45) is 0 Å². The van der Waals surface area contributed by atoms with Crippen LogP contribution in [0.25, 0.3) is 0 Å². The first-order chi connectivity index (χ1) is 11.6. The van der Waals surface area contributed by atoms with Crippen LogP contribution in [0.4, 0.5) is 13.2 Å². The number of nitrogens with zero attached hydrogens (tertiary/aromatic N) is 1. The number of alkyl halides is 3. The predicted octanol–water partition coefficient (Wildman–Crippen LogP) is 2.44. The lowest BCUT2D eigenvalue weighted by Crippen LogP contribution is -2.54. The highest BCUT2D eigenvalue weighted by molar-refractivity contribution is 5.92. The fourth-order valence-corrected chi connectivity index (χ4v) is 3.30. The van der Waals surface area contributed by atoms with Gasteiger partial charge in [-0.05, 0) is 31.4 Å². The normalized spacial score (nSPS) is 25.5. The average molecular weight is 357 g/mol. The van der Waals surface area contributed by atoms with Crippen molar-refractivity contribution in [3.8, 4) is 0 Å². The molecule has 1 aliphatic carbocycles. The minimum absolute atomic E-state index is 0.0980. The summed E-state index contributed by atoms with van der Waals surface area (Å²) in [6, 6.07) is 4.82. The Morgan fingerprint density at radius 2 is 1.96 bits per heavy atom. The Bertz CT molecular complexity index is 699. The van der Waals surface area contributed by atoms with Gasteiger partial charge in [-0.15, -0.1) is 0 Å². The number of carbonyl (C=O) groups is 2. The second kappa shape index (κ2) is 6.01. The van der Waals surface area contributed by atoms with Crippen LogP contribution in [0.5, 0.6) is 0 Å². The summed E-state index contributed by atoms with van der Waals surface area (Å²) in [7, 11) is 0. The number of benzene rings is 1. The number of carbonyl (C=O) groups excluding carboxylic acids is 1. The van der Waals surface area contributed by atoms with Crippen LogP contribution in [-0.2, 0) is 25.9 Å². The van der Waals surface area contributed by atoms with E-state index in [0.29, 0.717) is 18.4 Å². The Hall–Kier alpha value is -2.09. The summed E-state index contributed by atoms with van der Waals surface area (Å²) >= 11 is 0. The van der Waals surface area contributed by atoms with Crippen molar-refractivity contribution in [3.05, 3.63) is 35.4 Å². The zero-order valence-corrected chi connectivity index (χ0v) is 13.5. The minimum Gasteiger partial charge on any atom is -0.479 e. The lowest BCUT2D eigenvalue weighted by atomic mass is 9.92. The maximum atomic E-state index is 13.0. The smallest absolute Gasteiger partial charge is 0.416 e. The van der Waals surface area contributed by atoms with Crippen LogP contribution in [0.15, 0.2) is 24.3 Å². The highest BCUT2D eigenvalue weighted by Gasteiger charge is 2.54. The van der Waals surface area contributed by atoms with E-state index in [1.54, 1.807) is 6.92 Å². The third kappa shape index (κ3) is 3.35. The number of hydrogen-bond donors (Lipinski definition) is 1. The third-order valence-corrected chi connectivity index (χ3v) is 4.72. The van der Waals surface area contributed by atoms with Crippen molar-refractivity contribution in [1.82, 2.24) is 4.90 Å². The molecule has 1 amide bonds. The first-order valence-corrected chi connectivity index (χ1v) is 7.99. The van der Waals surface area contributed by atoms with Crippen LogP contribution in [-0.4, -0.2) is 47.2 Å². The first-order valence-electron chi connectivity index (χ1n) is 7.99. The summed E-state index contributed by atoms with van der Waals surface area (Å²) < 4.78 is 44.1. The van der Waals surface area contributed by atoms with Gasteiger partial charge in [0.15, 0.2) is 6.10 Å². The van der Waals surface area contributed by atoms with E-state index >= 15 is 0 Å². The lowest BCUT2D eigenvalue weighted by Gasteiger charge is -2.37. The van der Waals surface area contributed by atoms with E-state index < -0.39 is 35.3 Å². The second-order valence-corrected chi connectivity index (χ2v) is 6.64. The van der Waals surface area contributed by atoms with Crippen molar-refractivity contribution in [2.45, 2.75) is 43.6 Å². The molecule has 1 saturated heterocycles. The van der Waals surface area contributed by atoms with E-state index in [0.717, 1.165) is 12.1 Å². The predicted molar refractivity (Wildman–Crippen MR) is 80.9 cm³/mol. The second-order valence-electron chi connectivity index (χ2n) is 6.64. The van der Waals surface area contributed by atoms with Gasteiger partial charge in [0.1, 0.15) is 0 Å². The van der Waals surface area contributed by atoms with Gasteiger partial charge in [-0.2, -0.15) is 13.2 Å². The van der Waals surface area contributed by atoms with E-state index in [1.807, 2.05) is 0 Å². The number of morpholine rings is 1. The Morgan fingerprint density at radius 3 is 2.52 bits per heavy atom. The van der Waals surface area contributed by atoms with Gasteiger partial charge in [-0.3, -0.25) is 4.79 Å². The summed E-state index contributed by atoms with van der Waals surface area (Å²) in [5.74, 6) is -1.48. The fraction of sp³-hybridized carbons (Fsp3) is 0.529. The quantitative estimate of drug-likeness (QED) is 0.902. The number of halogens is 3. The molecule has 3 rings (SSSR count). The molecule has 2 aliphatic rings. The molecule has 0 radical (unpaired) electrons. The maximum Gasteiger partial charge on any atom is 0.416 e. The van der Waals surface area contributed by atoms with Crippen molar-refractivity contribution < 1.29 is 32.6 Å². The summed E-state index contributed by atoms with van der Waals surface area (Å²) in [5, 5.41) is 9.13. The number of ether oxygens (including phenoxy) is 1. The van der Waals surface area contributed by atoms with Crippen molar-refractivity contribution >= 4 is 11.9 Å². The molecule has 136 valence electrons. The van der Waals surface area contributed by atoms with Crippen LogP contribution in [0.1, 0.15) is 30.9 Å². The maximum absolute atomic E-state index is 13.0. The molecule has 2 atom stereocenters. The van der Waals surface area contributed by atoms with Gasteiger partial charge in [0.25, 0.3) is 0 Å². The highest BCUT2D eigenvalue weighted by atomic mass is 19.4. The van der Waals surface area contributed by atoms with E-state index in [4.69, 9.17) is 9.84 Å². The van der Waals surface area contributed by atoms with E-state index in [2.05, 4.69) is 0 Å². The monoisotopic (exact) mass is 357 g/mol. The Morgan fingerprint density at radius 1 is 1.28 bits per heavy atom. The summed E-state index contributed by atoms with van der Waals surface area (Å²) in [6.07, 6.45) is -5.13. The molecule has 2 fully saturated rings. The van der Waals surface area contributed by atoms with Crippen molar-refractivity contribution in [3.63, 3.8) is 0 Å². The Labute approximate surface area is 142 Å². The molecule has 1 saturated carbocycles. The van der Waals surface area contributed by atoms with Gasteiger partial charge >= 0.3 is 12.1 Å². The van der Waals surface area contributed by atoms with Crippen molar-refractivity contribution in [1.29, 1.82) is 0 Å². The van der Waals surface area contributed by atoms with Crippen LogP contribution in [0.2, 0.25) is 0 Å². The molecule has 1 aromatic carbocycles. The molecule has 5 nitrogen and oxygen atoms in total. The molecule has 0 spiro atoms. The molecule has 0 aromatic heterocycles. The number of carboxylic acids is 1. The molecule has 0 bridgehead atoms. The van der Waals surface area contributed by atoms with Gasteiger partial charge in [-0.25, -0.2) is 4.79 Å². The van der Waals surface area contributed by atoms with Crippen LogP contribution in [0.3, 0.4) is 0 Å².